The van der Waals surface area contributed by atoms with Crippen LogP contribution in [0.4, 0.5) is 0 Å². The van der Waals surface area contributed by atoms with Crippen LogP contribution in [-0.2, 0) is 10.8 Å². The second kappa shape index (κ2) is 2.75. The third-order valence-corrected chi connectivity index (χ3v) is 2.45. The number of furan rings is 1. The van der Waals surface area contributed by atoms with E-state index in [1.807, 2.05) is 30.3 Å². The zero-order valence-corrected chi connectivity index (χ0v) is 7.43. The summed E-state index contributed by atoms with van der Waals surface area (Å²) >= 11 is 0. The van der Waals surface area contributed by atoms with Crippen LogP contribution in [0.5, 0.6) is 0 Å². The molecule has 1 aromatic carbocycles. The molecule has 0 amide bonds. The van der Waals surface area contributed by atoms with E-state index in [1.54, 1.807) is 6.26 Å². The average molecular weight is 180 g/mol. The average Bonchev–Trinajstić information content (AvgIpc) is 2.46. The van der Waals surface area contributed by atoms with Crippen molar-refractivity contribution in [3.63, 3.8) is 0 Å². The summed E-state index contributed by atoms with van der Waals surface area (Å²) in [5.41, 5.74) is 0.794. The molecule has 0 radical (unpaired) electrons. The van der Waals surface area contributed by atoms with Crippen molar-refractivity contribution in [2.24, 2.45) is 0 Å². The Morgan fingerprint density at radius 2 is 2.08 bits per heavy atom. The molecule has 0 spiro atoms. The molecule has 0 saturated heterocycles. The number of rotatable bonds is 1. The van der Waals surface area contributed by atoms with Crippen LogP contribution in [0.25, 0.3) is 11.0 Å². The molecular weight excluding hydrogens is 172 g/mol. The van der Waals surface area contributed by atoms with Crippen LogP contribution in [0.3, 0.4) is 0 Å². The van der Waals surface area contributed by atoms with Gasteiger partial charge in [-0.25, -0.2) is 0 Å². The summed E-state index contributed by atoms with van der Waals surface area (Å²) < 4.78 is 16.4. The molecule has 0 aliphatic rings. The van der Waals surface area contributed by atoms with Crippen molar-refractivity contribution in [3.8, 4) is 0 Å². The van der Waals surface area contributed by atoms with Gasteiger partial charge in [-0.1, -0.05) is 18.2 Å². The first-order valence-electron chi connectivity index (χ1n) is 3.59. The Hall–Kier alpha value is -1.09. The standard InChI is InChI=1S/C9H8O2S/c1-12(10)9-6-7-4-2-3-5-8(7)11-9/h2-6H,1H3. The Balaban J connectivity index is 2.70. The van der Waals surface area contributed by atoms with Crippen molar-refractivity contribution >= 4 is 21.8 Å². The number of hydrogen-bond acceptors (Lipinski definition) is 2. The maximum Gasteiger partial charge on any atom is 0.191 e. The monoisotopic (exact) mass is 180 g/mol. The minimum absolute atomic E-state index is 0.538. The van der Waals surface area contributed by atoms with Crippen LogP contribution in [0, 0.1) is 0 Å². The molecule has 0 saturated carbocycles. The van der Waals surface area contributed by atoms with E-state index in [2.05, 4.69) is 0 Å². The molecule has 1 aromatic heterocycles. The number of benzene rings is 1. The molecule has 12 heavy (non-hydrogen) atoms. The molecule has 3 heteroatoms. The van der Waals surface area contributed by atoms with E-state index in [-0.39, 0.29) is 0 Å². The molecule has 0 fully saturated rings. The van der Waals surface area contributed by atoms with Crippen molar-refractivity contribution in [1.29, 1.82) is 0 Å². The van der Waals surface area contributed by atoms with Crippen LogP contribution in [-0.4, -0.2) is 10.5 Å². The molecule has 0 aliphatic heterocycles. The maximum atomic E-state index is 11.0. The molecular formula is C9H8O2S. The third kappa shape index (κ3) is 1.16. The van der Waals surface area contributed by atoms with E-state index in [0.717, 1.165) is 11.0 Å². The minimum atomic E-state index is -1.03. The minimum Gasteiger partial charge on any atom is -0.447 e. The van der Waals surface area contributed by atoms with Gasteiger partial charge in [0, 0.05) is 17.7 Å². The molecule has 62 valence electrons. The molecule has 1 atom stereocenters. The first-order chi connectivity index (χ1) is 5.77. The molecule has 2 aromatic rings. The first kappa shape index (κ1) is 7.55. The maximum absolute atomic E-state index is 11.0. The highest BCUT2D eigenvalue weighted by Crippen LogP contribution is 2.20. The topological polar surface area (TPSA) is 30.2 Å². The van der Waals surface area contributed by atoms with Crippen molar-refractivity contribution in [3.05, 3.63) is 30.3 Å². The molecule has 2 rings (SSSR count). The van der Waals surface area contributed by atoms with Crippen LogP contribution in [0.15, 0.2) is 39.8 Å². The van der Waals surface area contributed by atoms with Gasteiger partial charge in [0.1, 0.15) is 5.58 Å². The summed E-state index contributed by atoms with van der Waals surface area (Å²) in [6, 6.07) is 9.45. The van der Waals surface area contributed by atoms with Gasteiger partial charge in [-0.3, -0.25) is 4.21 Å². The van der Waals surface area contributed by atoms with E-state index >= 15 is 0 Å². The molecule has 0 aliphatic carbocycles. The van der Waals surface area contributed by atoms with Gasteiger partial charge < -0.3 is 4.42 Å². The Morgan fingerprint density at radius 1 is 1.33 bits per heavy atom. The highest BCUT2D eigenvalue weighted by Gasteiger charge is 2.04. The predicted molar refractivity (Wildman–Crippen MR) is 48.5 cm³/mol. The summed E-state index contributed by atoms with van der Waals surface area (Å²) in [7, 11) is -1.03. The van der Waals surface area contributed by atoms with Crippen molar-refractivity contribution < 1.29 is 8.63 Å². The molecule has 2 nitrogen and oxygen atoms in total. The number of hydrogen-bond donors (Lipinski definition) is 0. The number of fused-ring (bicyclic) bond motifs is 1. The summed E-state index contributed by atoms with van der Waals surface area (Å²) in [5.74, 6) is 0. The fourth-order valence-electron chi connectivity index (χ4n) is 1.10. The van der Waals surface area contributed by atoms with E-state index in [0.29, 0.717) is 5.09 Å². The quantitative estimate of drug-likeness (QED) is 0.673. The molecule has 1 unspecified atom stereocenters. The molecule has 1 heterocycles. The lowest BCUT2D eigenvalue weighted by atomic mass is 10.3. The van der Waals surface area contributed by atoms with E-state index in [1.165, 1.54) is 0 Å². The zero-order valence-electron chi connectivity index (χ0n) is 6.61. The smallest absolute Gasteiger partial charge is 0.191 e. The molecule has 0 bridgehead atoms. The number of para-hydroxylation sites is 1. The Bertz CT molecular complexity index is 398. The van der Waals surface area contributed by atoms with Gasteiger partial charge in [0.2, 0.25) is 0 Å². The van der Waals surface area contributed by atoms with Crippen LogP contribution in [0.1, 0.15) is 0 Å². The lowest BCUT2D eigenvalue weighted by molar-refractivity contribution is 0.504. The summed E-state index contributed by atoms with van der Waals surface area (Å²) in [5, 5.41) is 1.54. The Kier molecular flexibility index (Phi) is 1.73. The van der Waals surface area contributed by atoms with Gasteiger partial charge in [0.05, 0.1) is 10.8 Å². The highest BCUT2D eigenvalue weighted by atomic mass is 32.2. The fraction of sp³-hybridized carbons (Fsp3) is 0.111. The second-order valence-corrected chi connectivity index (χ2v) is 3.87. The van der Waals surface area contributed by atoms with Gasteiger partial charge >= 0.3 is 0 Å². The lowest BCUT2D eigenvalue weighted by Gasteiger charge is -1.84. The highest BCUT2D eigenvalue weighted by molar-refractivity contribution is 7.84. The largest absolute Gasteiger partial charge is 0.447 e. The van der Waals surface area contributed by atoms with Gasteiger partial charge in [-0.2, -0.15) is 0 Å². The summed E-state index contributed by atoms with van der Waals surface area (Å²) in [6.45, 7) is 0. The van der Waals surface area contributed by atoms with Gasteiger partial charge in [0.15, 0.2) is 5.09 Å². The lowest BCUT2D eigenvalue weighted by Crippen LogP contribution is -1.80. The van der Waals surface area contributed by atoms with E-state index in [4.69, 9.17) is 4.42 Å². The van der Waals surface area contributed by atoms with Crippen LogP contribution in [0.2, 0.25) is 0 Å². The normalized spacial score (nSPS) is 13.4. The van der Waals surface area contributed by atoms with Crippen molar-refractivity contribution in [1.82, 2.24) is 0 Å². The van der Waals surface area contributed by atoms with E-state index < -0.39 is 10.8 Å². The fourth-order valence-corrected chi connectivity index (χ4v) is 1.60. The summed E-state index contributed by atoms with van der Waals surface area (Å²) in [6.07, 6.45) is 1.61. The Labute approximate surface area is 72.6 Å². The second-order valence-electron chi connectivity index (χ2n) is 2.56. The summed E-state index contributed by atoms with van der Waals surface area (Å²) in [4.78, 5) is 0. The SMILES string of the molecule is CS(=O)c1cc2ccccc2o1. The zero-order chi connectivity index (χ0) is 8.55. The third-order valence-electron chi connectivity index (χ3n) is 1.69. The van der Waals surface area contributed by atoms with Crippen molar-refractivity contribution in [2.45, 2.75) is 5.09 Å². The van der Waals surface area contributed by atoms with Crippen molar-refractivity contribution in [2.75, 3.05) is 6.26 Å². The van der Waals surface area contributed by atoms with Gasteiger partial charge in [0.25, 0.3) is 0 Å². The van der Waals surface area contributed by atoms with Crippen LogP contribution >= 0.6 is 0 Å². The van der Waals surface area contributed by atoms with E-state index in [9.17, 15) is 4.21 Å². The molecule has 0 N–H and O–H groups in total. The Morgan fingerprint density at radius 3 is 2.75 bits per heavy atom. The van der Waals surface area contributed by atoms with Gasteiger partial charge in [-0.15, -0.1) is 0 Å². The predicted octanol–water partition coefficient (Wildman–Crippen LogP) is 2.17. The van der Waals surface area contributed by atoms with Crippen LogP contribution < -0.4 is 0 Å². The van der Waals surface area contributed by atoms with Gasteiger partial charge in [-0.05, 0) is 6.07 Å². The first-order valence-corrected chi connectivity index (χ1v) is 5.15.